The van der Waals surface area contributed by atoms with Gasteiger partial charge in [-0.15, -0.1) is 0 Å². The Hall–Kier alpha value is -1.95. The van der Waals surface area contributed by atoms with Crippen molar-refractivity contribution in [1.29, 1.82) is 0 Å². The lowest BCUT2D eigenvalue weighted by molar-refractivity contribution is -0.384. The first kappa shape index (κ1) is 20.1. The zero-order valence-corrected chi connectivity index (χ0v) is 14.6. The Morgan fingerprint density at radius 1 is 1.25 bits per heavy atom. The molecule has 6 heteroatoms. The molecule has 1 rings (SSSR count). The number of non-ortho nitro benzene ring substituents is 1. The molecule has 0 heterocycles. The van der Waals surface area contributed by atoms with Gasteiger partial charge in [-0.2, -0.15) is 0 Å². The van der Waals surface area contributed by atoms with Gasteiger partial charge in [0, 0.05) is 18.2 Å². The summed E-state index contributed by atoms with van der Waals surface area (Å²) in [6.45, 7) is 4.44. The van der Waals surface area contributed by atoms with Crippen molar-refractivity contribution in [1.82, 2.24) is 0 Å². The number of carbonyl (C=O) groups is 1. The Balaban J connectivity index is 2.33. The van der Waals surface area contributed by atoms with E-state index >= 15 is 0 Å². The molecule has 0 saturated carbocycles. The lowest BCUT2D eigenvalue weighted by Gasteiger charge is -2.16. The molecule has 0 fully saturated rings. The van der Waals surface area contributed by atoms with Crippen molar-refractivity contribution in [3.05, 3.63) is 39.9 Å². The van der Waals surface area contributed by atoms with Gasteiger partial charge in [0.25, 0.3) is 5.69 Å². The average Bonchev–Trinajstić information content (AvgIpc) is 2.54. The van der Waals surface area contributed by atoms with E-state index in [0.29, 0.717) is 19.4 Å². The summed E-state index contributed by atoms with van der Waals surface area (Å²) in [5.74, 6) is -0.449. The maximum atomic E-state index is 11.9. The molecule has 0 aliphatic carbocycles. The predicted molar refractivity (Wildman–Crippen MR) is 93.7 cm³/mol. The van der Waals surface area contributed by atoms with Crippen LogP contribution in [0.3, 0.4) is 0 Å². The van der Waals surface area contributed by atoms with Crippen molar-refractivity contribution in [2.45, 2.75) is 58.4 Å². The summed E-state index contributed by atoms with van der Waals surface area (Å²) in [7, 11) is 0. The quantitative estimate of drug-likeness (QED) is 0.288. The van der Waals surface area contributed by atoms with Gasteiger partial charge in [0.05, 0.1) is 17.4 Å². The third-order valence-electron chi connectivity index (χ3n) is 3.95. The molecule has 6 nitrogen and oxygen atoms in total. The van der Waals surface area contributed by atoms with E-state index in [0.717, 1.165) is 31.2 Å². The number of esters is 1. The molecule has 0 aromatic heterocycles. The number of hydrogen-bond acceptors (Lipinski definition) is 5. The van der Waals surface area contributed by atoms with Crippen LogP contribution in [0.2, 0.25) is 0 Å². The summed E-state index contributed by atoms with van der Waals surface area (Å²) in [5, 5.41) is 10.6. The molecule has 0 radical (unpaired) electrons. The van der Waals surface area contributed by atoms with Crippen LogP contribution in [-0.4, -0.2) is 23.5 Å². The van der Waals surface area contributed by atoms with Crippen LogP contribution >= 0.6 is 0 Å². The van der Waals surface area contributed by atoms with Gasteiger partial charge in [-0.3, -0.25) is 14.9 Å². The molecule has 0 saturated heterocycles. The standard InChI is InChI=1S/C18H28N2O4/c1-3-4-5-6-11-24-18(21)14(2)12-16(19)13-15-7-9-17(10-8-15)20(22)23/h7-10,14,16H,3-6,11-13,19H2,1-2H3/t14-,16+/m0/s1. The highest BCUT2D eigenvalue weighted by molar-refractivity contribution is 5.72. The maximum Gasteiger partial charge on any atom is 0.308 e. The van der Waals surface area contributed by atoms with E-state index in [9.17, 15) is 14.9 Å². The zero-order chi connectivity index (χ0) is 17.9. The fraction of sp³-hybridized carbons (Fsp3) is 0.611. The average molecular weight is 336 g/mol. The summed E-state index contributed by atoms with van der Waals surface area (Å²) >= 11 is 0. The second-order valence-electron chi connectivity index (χ2n) is 6.25. The molecule has 24 heavy (non-hydrogen) atoms. The highest BCUT2D eigenvalue weighted by Gasteiger charge is 2.18. The van der Waals surface area contributed by atoms with Crippen LogP contribution in [0.15, 0.2) is 24.3 Å². The van der Waals surface area contributed by atoms with E-state index in [2.05, 4.69) is 6.92 Å². The van der Waals surface area contributed by atoms with Crippen molar-refractivity contribution in [2.24, 2.45) is 11.7 Å². The number of ether oxygens (including phenoxy) is 1. The van der Waals surface area contributed by atoms with Crippen LogP contribution in [0, 0.1) is 16.0 Å². The molecule has 1 aromatic rings. The van der Waals surface area contributed by atoms with Crippen molar-refractivity contribution in [3.8, 4) is 0 Å². The van der Waals surface area contributed by atoms with Gasteiger partial charge in [-0.25, -0.2) is 0 Å². The molecular weight excluding hydrogens is 308 g/mol. The van der Waals surface area contributed by atoms with E-state index in [1.807, 2.05) is 6.92 Å². The number of nitrogens with two attached hydrogens (primary N) is 1. The Morgan fingerprint density at radius 3 is 2.50 bits per heavy atom. The number of hydrogen-bond donors (Lipinski definition) is 1. The van der Waals surface area contributed by atoms with Crippen molar-refractivity contribution >= 4 is 11.7 Å². The minimum atomic E-state index is -0.428. The van der Waals surface area contributed by atoms with Crippen LogP contribution < -0.4 is 5.73 Å². The third-order valence-corrected chi connectivity index (χ3v) is 3.95. The molecule has 0 spiro atoms. The number of nitro benzene ring substituents is 1. The molecule has 0 aliphatic rings. The van der Waals surface area contributed by atoms with Gasteiger partial charge in [0.1, 0.15) is 0 Å². The highest BCUT2D eigenvalue weighted by atomic mass is 16.6. The van der Waals surface area contributed by atoms with Gasteiger partial charge < -0.3 is 10.5 Å². The van der Waals surface area contributed by atoms with Crippen molar-refractivity contribution < 1.29 is 14.5 Å². The SMILES string of the molecule is CCCCCCOC(=O)[C@@H](C)C[C@@H](N)Cc1ccc([N+](=O)[O-])cc1. The first-order valence-electron chi connectivity index (χ1n) is 8.59. The lowest BCUT2D eigenvalue weighted by atomic mass is 9.97. The fourth-order valence-electron chi connectivity index (χ4n) is 2.53. The Bertz CT molecular complexity index is 516. The van der Waals surface area contributed by atoms with Gasteiger partial charge in [0.15, 0.2) is 0 Å². The first-order valence-corrected chi connectivity index (χ1v) is 8.59. The summed E-state index contributed by atoms with van der Waals surface area (Å²) in [6, 6.07) is 6.16. The number of unbranched alkanes of at least 4 members (excludes halogenated alkanes) is 3. The number of carbonyl (C=O) groups excluding carboxylic acids is 1. The summed E-state index contributed by atoms with van der Waals surface area (Å²) in [4.78, 5) is 22.1. The second kappa shape index (κ2) is 10.8. The van der Waals surface area contributed by atoms with E-state index in [4.69, 9.17) is 10.5 Å². The number of benzene rings is 1. The number of nitro groups is 1. The monoisotopic (exact) mass is 336 g/mol. The Labute approximate surface area is 143 Å². The minimum Gasteiger partial charge on any atom is -0.465 e. The van der Waals surface area contributed by atoms with E-state index in [1.165, 1.54) is 12.1 Å². The number of nitrogens with zero attached hydrogens (tertiary/aromatic N) is 1. The molecule has 0 unspecified atom stereocenters. The highest BCUT2D eigenvalue weighted by Crippen LogP contribution is 2.15. The topological polar surface area (TPSA) is 95.5 Å². The van der Waals surface area contributed by atoms with Crippen LogP contribution in [0.1, 0.15) is 51.5 Å². The molecule has 2 atom stereocenters. The first-order chi connectivity index (χ1) is 11.4. The summed E-state index contributed by atoms with van der Waals surface area (Å²) < 4.78 is 5.27. The normalized spacial score (nSPS) is 13.3. The van der Waals surface area contributed by atoms with Crippen molar-refractivity contribution in [3.63, 3.8) is 0 Å². The molecule has 0 amide bonds. The van der Waals surface area contributed by atoms with Crippen LogP contribution in [-0.2, 0) is 16.0 Å². The Kier molecular flexibility index (Phi) is 9.01. The molecule has 0 aliphatic heterocycles. The summed E-state index contributed by atoms with van der Waals surface area (Å²) in [6.07, 6.45) is 5.41. The lowest BCUT2D eigenvalue weighted by Crippen LogP contribution is -2.29. The molecule has 1 aromatic carbocycles. The van der Waals surface area contributed by atoms with Gasteiger partial charge in [-0.05, 0) is 24.8 Å². The molecular formula is C18H28N2O4. The smallest absolute Gasteiger partial charge is 0.308 e. The van der Waals surface area contributed by atoms with Crippen LogP contribution in [0.4, 0.5) is 5.69 Å². The van der Waals surface area contributed by atoms with Crippen molar-refractivity contribution in [2.75, 3.05) is 6.61 Å². The van der Waals surface area contributed by atoms with E-state index < -0.39 is 4.92 Å². The zero-order valence-electron chi connectivity index (χ0n) is 14.6. The van der Waals surface area contributed by atoms with Crippen LogP contribution in [0.25, 0.3) is 0 Å². The van der Waals surface area contributed by atoms with Gasteiger partial charge in [0.2, 0.25) is 0 Å². The second-order valence-corrected chi connectivity index (χ2v) is 6.25. The molecule has 2 N–H and O–H groups in total. The minimum absolute atomic E-state index is 0.0624. The fourth-order valence-corrected chi connectivity index (χ4v) is 2.53. The third kappa shape index (κ3) is 7.55. The Morgan fingerprint density at radius 2 is 1.92 bits per heavy atom. The summed E-state index contributed by atoms with van der Waals surface area (Å²) in [5.41, 5.74) is 7.08. The number of rotatable bonds is 11. The van der Waals surface area contributed by atoms with Gasteiger partial charge in [-0.1, -0.05) is 45.2 Å². The van der Waals surface area contributed by atoms with E-state index in [-0.39, 0.29) is 23.6 Å². The van der Waals surface area contributed by atoms with E-state index in [1.54, 1.807) is 12.1 Å². The molecule has 134 valence electrons. The maximum absolute atomic E-state index is 11.9. The molecule has 0 bridgehead atoms. The predicted octanol–water partition coefficient (Wildman–Crippen LogP) is 3.61. The van der Waals surface area contributed by atoms with Gasteiger partial charge >= 0.3 is 5.97 Å². The largest absolute Gasteiger partial charge is 0.465 e. The van der Waals surface area contributed by atoms with Crippen LogP contribution in [0.5, 0.6) is 0 Å².